The Morgan fingerprint density at radius 2 is 1.67 bits per heavy atom. The Labute approximate surface area is 211 Å². The summed E-state index contributed by atoms with van der Waals surface area (Å²) in [4.78, 5) is 19.5. The average Bonchev–Trinajstić information content (AvgIpc) is 3.63. The summed E-state index contributed by atoms with van der Waals surface area (Å²) in [5.41, 5.74) is 1.67. The number of carbonyl (C=O) groups excluding carboxylic acids is 1. The Bertz CT molecular complexity index is 1290. The van der Waals surface area contributed by atoms with E-state index in [0.717, 1.165) is 37.0 Å². The summed E-state index contributed by atoms with van der Waals surface area (Å²) in [5, 5.41) is 4.12. The minimum atomic E-state index is -3.45. The van der Waals surface area contributed by atoms with Crippen molar-refractivity contribution in [2.45, 2.75) is 42.9 Å². The third-order valence-corrected chi connectivity index (χ3v) is 8.88. The van der Waals surface area contributed by atoms with Gasteiger partial charge in [-0.1, -0.05) is 17.3 Å². The number of rotatable bonds is 7. The van der Waals surface area contributed by atoms with Crippen LogP contribution < -0.4 is 4.74 Å². The van der Waals surface area contributed by atoms with Crippen LogP contribution >= 0.6 is 0 Å². The first-order valence-corrected chi connectivity index (χ1v) is 13.7. The fourth-order valence-corrected chi connectivity index (χ4v) is 6.29. The summed E-state index contributed by atoms with van der Waals surface area (Å²) < 4.78 is 37.7. The number of piperidine rings is 1. The number of amides is 1. The molecule has 0 aliphatic carbocycles. The predicted molar refractivity (Wildman–Crippen MR) is 133 cm³/mol. The van der Waals surface area contributed by atoms with Gasteiger partial charge in [-0.2, -0.15) is 9.29 Å². The van der Waals surface area contributed by atoms with Gasteiger partial charge in [0.1, 0.15) is 5.75 Å². The number of hydrogen-bond acceptors (Lipinski definition) is 7. The van der Waals surface area contributed by atoms with E-state index in [2.05, 4.69) is 10.1 Å². The monoisotopic (exact) mass is 510 g/mol. The second-order valence-electron chi connectivity index (χ2n) is 9.27. The van der Waals surface area contributed by atoms with Crippen LogP contribution in [0.1, 0.15) is 43.1 Å². The minimum absolute atomic E-state index is 0.0890. The molecule has 0 atom stereocenters. The lowest BCUT2D eigenvalue weighted by atomic mass is 9.96. The molecule has 1 amide bonds. The molecular weight excluding hydrogens is 480 g/mol. The fraction of sp³-hybridized carbons (Fsp3) is 0.423. The molecule has 2 aliphatic heterocycles. The molecule has 2 fully saturated rings. The summed E-state index contributed by atoms with van der Waals surface area (Å²) in [7, 11) is -1.83. The van der Waals surface area contributed by atoms with E-state index in [-0.39, 0.29) is 16.7 Å². The number of nitrogens with zero attached hydrogens (tertiary/aromatic N) is 4. The van der Waals surface area contributed by atoms with E-state index in [4.69, 9.17) is 9.26 Å². The number of likely N-dealkylation sites (tertiary alicyclic amines) is 1. The minimum Gasteiger partial charge on any atom is -0.497 e. The summed E-state index contributed by atoms with van der Waals surface area (Å²) in [6.45, 7) is 2.43. The Morgan fingerprint density at radius 3 is 2.31 bits per heavy atom. The topological polar surface area (TPSA) is 106 Å². The molecule has 2 aliphatic rings. The molecule has 10 heteroatoms. The Morgan fingerprint density at radius 1 is 1.00 bits per heavy atom. The summed E-state index contributed by atoms with van der Waals surface area (Å²) in [6, 6.07) is 14.2. The molecule has 0 unspecified atom stereocenters. The molecule has 0 N–H and O–H groups in total. The molecular formula is C26H30N4O5S. The van der Waals surface area contributed by atoms with E-state index >= 15 is 0 Å². The molecule has 0 radical (unpaired) electrons. The van der Waals surface area contributed by atoms with Crippen LogP contribution in [0.4, 0.5) is 0 Å². The lowest BCUT2D eigenvalue weighted by Crippen LogP contribution is -2.38. The molecule has 5 rings (SSSR count). The number of ether oxygens (including phenoxy) is 1. The lowest BCUT2D eigenvalue weighted by molar-refractivity contribution is -0.131. The van der Waals surface area contributed by atoms with Crippen LogP contribution in [-0.2, 0) is 21.2 Å². The predicted octanol–water partition coefficient (Wildman–Crippen LogP) is 3.48. The third-order valence-electron chi connectivity index (χ3n) is 6.97. The van der Waals surface area contributed by atoms with Gasteiger partial charge in [-0.05, 0) is 67.6 Å². The molecule has 3 aromatic rings. The number of sulfonamides is 1. The number of methoxy groups -OCH3 is 1. The van der Waals surface area contributed by atoms with Gasteiger partial charge >= 0.3 is 0 Å². The molecule has 3 heterocycles. The molecule has 9 nitrogen and oxygen atoms in total. The molecule has 190 valence electrons. The molecule has 2 saturated heterocycles. The second kappa shape index (κ2) is 10.4. The van der Waals surface area contributed by atoms with Crippen LogP contribution in [0.2, 0.25) is 0 Å². The third kappa shape index (κ3) is 5.15. The molecule has 2 aromatic carbocycles. The summed E-state index contributed by atoms with van der Waals surface area (Å²) in [6.07, 6.45) is 3.67. The van der Waals surface area contributed by atoms with Crippen molar-refractivity contribution in [3.8, 4) is 17.1 Å². The van der Waals surface area contributed by atoms with E-state index in [0.29, 0.717) is 49.9 Å². The summed E-state index contributed by atoms with van der Waals surface area (Å²) in [5.74, 6) is 1.96. The van der Waals surface area contributed by atoms with Crippen LogP contribution in [0, 0.1) is 0 Å². The average molecular weight is 511 g/mol. The van der Waals surface area contributed by atoms with Gasteiger partial charge < -0.3 is 14.2 Å². The normalized spacial score (nSPS) is 17.4. The van der Waals surface area contributed by atoms with E-state index in [9.17, 15) is 13.2 Å². The van der Waals surface area contributed by atoms with Crippen LogP contribution in [0.25, 0.3) is 11.4 Å². The quantitative estimate of drug-likeness (QED) is 0.479. The Hall–Kier alpha value is -3.24. The molecule has 1 aromatic heterocycles. The highest BCUT2D eigenvalue weighted by Gasteiger charge is 2.29. The van der Waals surface area contributed by atoms with Crippen LogP contribution in [0.15, 0.2) is 57.9 Å². The van der Waals surface area contributed by atoms with E-state index < -0.39 is 10.0 Å². The zero-order valence-corrected chi connectivity index (χ0v) is 21.1. The number of benzene rings is 2. The van der Waals surface area contributed by atoms with Crippen LogP contribution in [0.5, 0.6) is 5.75 Å². The smallest absolute Gasteiger partial charge is 0.243 e. The van der Waals surface area contributed by atoms with Gasteiger partial charge in [0.25, 0.3) is 0 Å². The molecule has 0 saturated carbocycles. The van der Waals surface area contributed by atoms with Crippen molar-refractivity contribution in [3.63, 3.8) is 0 Å². The fourth-order valence-electron chi connectivity index (χ4n) is 4.78. The van der Waals surface area contributed by atoms with Crippen LogP contribution in [-0.4, -0.2) is 67.0 Å². The zero-order valence-electron chi connectivity index (χ0n) is 20.3. The highest BCUT2D eigenvalue weighted by Crippen LogP contribution is 2.30. The standard InChI is InChI=1S/C26H30N4O5S/c1-34-22-8-4-19(5-9-22)18-24(31)29-16-12-21(13-17-29)26-27-25(28-35-26)20-6-10-23(11-7-20)36(32,33)30-14-2-3-15-30/h4-11,21H,2-3,12-18H2,1H3. The van der Waals surface area contributed by atoms with Crippen LogP contribution in [0.3, 0.4) is 0 Å². The van der Waals surface area contributed by atoms with Gasteiger partial charge in [0.15, 0.2) is 0 Å². The maximum atomic E-state index is 12.7. The van der Waals surface area contributed by atoms with E-state index in [1.807, 2.05) is 29.2 Å². The van der Waals surface area contributed by atoms with Gasteiger partial charge in [-0.3, -0.25) is 4.79 Å². The van der Waals surface area contributed by atoms with E-state index in [1.165, 1.54) is 4.31 Å². The van der Waals surface area contributed by atoms with Crippen molar-refractivity contribution >= 4 is 15.9 Å². The highest BCUT2D eigenvalue weighted by molar-refractivity contribution is 7.89. The van der Waals surface area contributed by atoms with Crippen molar-refractivity contribution in [2.24, 2.45) is 0 Å². The van der Waals surface area contributed by atoms with Gasteiger partial charge in [-0.15, -0.1) is 0 Å². The number of carbonyl (C=O) groups is 1. The van der Waals surface area contributed by atoms with Crippen molar-refractivity contribution < 1.29 is 22.5 Å². The van der Waals surface area contributed by atoms with Crippen molar-refractivity contribution in [3.05, 3.63) is 60.0 Å². The molecule has 0 bridgehead atoms. The SMILES string of the molecule is COc1ccc(CC(=O)N2CCC(c3nc(-c4ccc(S(=O)(=O)N5CCCC5)cc4)no3)CC2)cc1. The molecule has 36 heavy (non-hydrogen) atoms. The largest absolute Gasteiger partial charge is 0.497 e. The maximum absolute atomic E-state index is 12.7. The van der Waals surface area contributed by atoms with Crippen molar-refractivity contribution in [2.75, 3.05) is 33.3 Å². The van der Waals surface area contributed by atoms with Gasteiger partial charge in [-0.25, -0.2) is 8.42 Å². The lowest BCUT2D eigenvalue weighted by Gasteiger charge is -2.30. The van der Waals surface area contributed by atoms with Gasteiger partial charge in [0.2, 0.25) is 27.6 Å². The number of aromatic nitrogens is 2. The first kappa shape index (κ1) is 24.5. The Balaban J connectivity index is 1.17. The van der Waals surface area contributed by atoms with E-state index in [1.54, 1.807) is 31.4 Å². The molecule has 0 spiro atoms. The van der Waals surface area contributed by atoms with Gasteiger partial charge in [0.05, 0.1) is 18.4 Å². The summed E-state index contributed by atoms with van der Waals surface area (Å²) >= 11 is 0. The first-order chi connectivity index (χ1) is 17.4. The Kier molecular flexibility index (Phi) is 7.06. The maximum Gasteiger partial charge on any atom is 0.243 e. The zero-order chi connectivity index (χ0) is 25.1. The number of hydrogen-bond donors (Lipinski definition) is 0. The van der Waals surface area contributed by atoms with Crippen molar-refractivity contribution in [1.29, 1.82) is 0 Å². The first-order valence-electron chi connectivity index (χ1n) is 12.3. The highest BCUT2D eigenvalue weighted by atomic mass is 32.2. The van der Waals surface area contributed by atoms with Gasteiger partial charge in [0, 0.05) is 37.7 Å². The van der Waals surface area contributed by atoms with Crippen molar-refractivity contribution in [1.82, 2.24) is 19.3 Å². The second-order valence-corrected chi connectivity index (χ2v) is 11.2.